The molecular formula is C12H14FN5O4S2. The molecule has 12 heteroatoms. The normalized spacial score (nSPS) is 16.9. The summed E-state index contributed by atoms with van der Waals surface area (Å²) in [6.07, 6.45) is 0. The summed E-state index contributed by atoms with van der Waals surface area (Å²) in [6, 6.07) is 3.23. The van der Waals surface area contributed by atoms with E-state index in [9.17, 15) is 21.2 Å². The van der Waals surface area contributed by atoms with Gasteiger partial charge in [0, 0.05) is 18.8 Å². The molecule has 1 aromatic carbocycles. The van der Waals surface area contributed by atoms with Gasteiger partial charge >= 0.3 is 0 Å². The fraction of sp³-hybridized carbons (Fsp3) is 0.417. The monoisotopic (exact) mass is 375 g/mol. The minimum absolute atomic E-state index is 0.0376. The standard InChI is InChI=1S/C12H14FN5O4S2/c1-2-23(19,20)9-6-18(7-9)24(21,22)8-3-4-11(13)10(5-8)12-14-16-17-15-12/h3-5,9H,2,6-7H2,1H3,(H,14,15,16,17). The molecule has 1 aliphatic rings. The first-order valence-corrected chi connectivity index (χ1v) is 10.2. The van der Waals surface area contributed by atoms with E-state index < -0.39 is 30.9 Å². The van der Waals surface area contributed by atoms with Gasteiger partial charge in [0.15, 0.2) is 9.84 Å². The molecule has 0 bridgehead atoms. The summed E-state index contributed by atoms with van der Waals surface area (Å²) in [5.41, 5.74) is -0.108. The van der Waals surface area contributed by atoms with Crippen molar-refractivity contribution in [1.29, 1.82) is 0 Å². The number of nitrogens with one attached hydrogen (secondary N) is 1. The molecule has 0 amide bonds. The highest BCUT2D eigenvalue weighted by Gasteiger charge is 2.42. The van der Waals surface area contributed by atoms with Crippen molar-refractivity contribution in [2.45, 2.75) is 17.1 Å². The van der Waals surface area contributed by atoms with E-state index in [1.165, 1.54) is 6.92 Å². The van der Waals surface area contributed by atoms with E-state index >= 15 is 0 Å². The van der Waals surface area contributed by atoms with Crippen LogP contribution < -0.4 is 0 Å². The molecule has 1 N–H and O–H groups in total. The number of hydrogen-bond donors (Lipinski definition) is 1. The lowest BCUT2D eigenvalue weighted by atomic mass is 10.2. The molecule has 0 spiro atoms. The van der Waals surface area contributed by atoms with Gasteiger partial charge in [0.2, 0.25) is 15.8 Å². The van der Waals surface area contributed by atoms with Crippen molar-refractivity contribution in [2.24, 2.45) is 0 Å². The molecule has 0 atom stereocenters. The Labute approximate surface area is 137 Å². The number of sulfone groups is 1. The van der Waals surface area contributed by atoms with Crippen molar-refractivity contribution in [2.75, 3.05) is 18.8 Å². The van der Waals surface area contributed by atoms with Crippen LogP contribution in [0.4, 0.5) is 4.39 Å². The first-order valence-electron chi connectivity index (χ1n) is 7.01. The molecule has 2 aromatic rings. The van der Waals surface area contributed by atoms with Crippen molar-refractivity contribution in [1.82, 2.24) is 24.9 Å². The summed E-state index contributed by atoms with van der Waals surface area (Å²) in [6.45, 7) is 1.31. The van der Waals surface area contributed by atoms with Gasteiger partial charge in [-0.1, -0.05) is 6.92 Å². The third-order valence-electron chi connectivity index (χ3n) is 3.89. The lowest BCUT2D eigenvalue weighted by molar-refractivity contribution is 0.310. The van der Waals surface area contributed by atoms with Gasteiger partial charge in [0.05, 0.1) is 15.7 Å². The molecular weight excluding hydrogens is 361 g/mol. The lowest BCUT2D eigenvalue weighted by Crippen LogP contribution is -2.57. The van der Waals surface area contributed by atoms with Gasteiger partial charge in [0.25, 0.3) is 0 Å². The third kappa shape index (κ3) is 2.80. The highest BCUT2D eigenvalue weighted by molar-refractivity contribution is 7.92. The predicted molar refractivity (Wildman–Crippen MR) is 81.6 cm³/mol. The van der Waals surface area contributed by atoms with Crippen LogP contribution in [-0.2, 0) is 19.9 Å². The molecule has 0 unspecified atom stereocenters. The van der Waals surface area contributed by atoms with Gasteiger partial charge in [-0.2, -0.15) is 9.52 Å². The predicted octanol–water partition coefficient (Wildman–Crippen LogP) is -0.187. The van der Waals surface area contributed by atoms with Crippen molar-refractivity contribution in [3.05, 3.63) is 24.0 Å². The van der Waals surface area contributed by atoms with Gasteiger partial charge in [-0.3, -0.25) is 0 Å². The third-order valence-corrected chi connectivity index (χ3v) is 7.83. The number of tetrazole rings is 1. The maximum atomic E-state index is 13.9. The van der Waals surface area contributed by atoms with Crippen LogP contribution in [0.5, 0.6) is 0 Å². The fourth-order valence-electron chi connectivity index (χ4n) is 2.32. The van der Waals surface area contributed by atoms with Crippen molar-refractivity contribution in [3.63, 3.8) is 0 Å². The van der Waals surface area contributed by atoms with E-state index in [-0.39, 0.29) is 35.1 Å². The molecule has 9 nitrogen and oxygen atoms in total. The summed E-state index contributed by atoms with van der Waals surface area (Å²) in [5, 5.41) is 12.0. The second kappa shape index (κ2) is 5.86. The van der Waals surface area contributed by atoms with Gasteiger partial charge in [-0.25, -0.2) is 21.2 Å². The number of aromatic amines is 1. The second-order valence-electron chi connectivity index (χ2n) is 5.27. The van der Waals surface area contributed by atoms with Crippen molar-refractivity contribution < 1.29 is 21.2 Å². The average molecular weight is 375 g/mol. The minimum Gasteiger partial charge on any atom is -0.228 e. The number of nitrogens with zero attached hydrogens (tertiary/aromatic N) is 4. The molecule has 1 saturated heterocycles. The van der Waals surface area contributed by atoms with Gasteiger partial charge < -0.3 is 0 Å². The maximum absolute atomic E-state index is 13.9. The molecule has 130 valence electrons. The molecule has 1 fully saturated rings. The number of H-pyrrole nitrogens is 1. The van der Waals surface area contributed by atoms with E-state index in [0.29, 0.717) is 0 Å². The number of hydrogen-bond acceptors (Lipinski definition) is 7. The number of halogens is 1. The summed E-state index contributed by atoms with van der Waals surface area (Å²) >= 11 is 0. The zero-order valence-electron chi connectivity index (χ0n) is 12.5. The van der Waals surface area contributed by atoms with Crippen LogP contribution in [0.3, 0.4) is 0 Å². The molecule has 0 radical (unpaired) electrons. The Bertz CT molecular complexity index is 953. The van der Waals surface area contributed by atoms with E-state index in [0.717, 1.165) is 22.5 Å². The summed E-state index contributed by atoms with van der Waals surface area (Å²) in [5.74, 6) is -0.797. The molecule has 2 heterocycles. The largest absolute Gasteiger partial charge is 0.243 e. The molecule has 1 aromatic heterocycles. The van der Waals surface area contributed by atoms with Crippen LogP contribution in [0.2, 0.25) is 0 Å². The second-order valence-corrected chi connectivity index (χ2v) is 9.78. The smallest absolute Gasteiger partial charge is 0.228 e. The van der Waals surface area contributed by atoms with Crippen LogP contribution in [0.25, 0.3) is 11.4 Å². The Balaban J connectivity index is 1.88. The lowest BCUT2D eigenvalue weighted by Gasteiger charge is -2.37. The van der Waals surface area contributed by atoms with Crippen LogP contribution >= 0.6 is 0 Å². The van der Waals surface area contributed by atoms with E-state index in [2.05, 4.69) is 20.6 Å². The van der Waals surface area contributed by atoms with Gasteiger partial charge in [-0.05, 0) is 23.4 Å². The molecule has 0 aliphatic carbocycles. The van der Waals surface area contributed by atoms with E-state index in [1.54, 1.807) is 0 Å². The first-order chi connectivity index (χ1) is 11.3. The minimum atomic E-state index is -3.92. The Hall–Kier alpha value is -1.92. The molecule has 1 aliphatic heterocycles. The quantitative estimate of drug-likeness (QED) is 0.768. The zero-order valence-corrected chi connectivity index (χ0v) is 14.2. The number of sulfonamides is 1. The maximum Gasteiger partial charge on any atom is 0.243 e. The average Bonchev–Trinajstić information content (AvgIpc) is 2.99. The summed E-state index contributed by atoms with van der Waals surface area (Å²) in [4.78, 5) is -0.156. The van der Waals surface area contributed by atoms with Crippen LogP contribution in [0.15, 0.2) is 23.1 Å². The number of aromatic nitrogens is 4. The van der Waals surface area contributed by atoms with Crippen molar-refractivity contribution >= 4 is 19.9 Å². The van der Waals surface area contributed by atoms with Crippen molar-refractivity contribution in [3.8, 4) is 11.4 Å². The van der Waals surface area contributed by atoms with Crippen LogP contribution in [-0.4, -0.2) is 65.9 Å². The fourth-order valence-corrected chi connectivity index (χ4v) is 5.35. The Morgan fingerprint density at radius 2 is 2.00 bits per heavy atom. The molecule has 24 heavy (non-hydrogen) atoms. The number of benzene rings is 1. The Morgan fingerprint density at radius 1 is 1.29 bits per heavy atom. The highest BCUT2D eigenvalue weighted by atomic mass is 32.2. The van der Waals surface area contributed by atoms with E-state index in [1.807, 2.05) is 0 Å². The first kappa shape index (κ1) is 16.9. The number of rotatable bonds is 5. The molecule has 0 saturated carbocycles. The van der Waals surface area contributed by atoms with Gasteiger partial charge in [0.1, 0.15) is 5.82 Å². The zero-order chi connectivity index (χ0) is 17.5. The molecule has 3 rings (SSSR count). The van der Waals surface area contributed by atoms with Gasteiger partial charge in [-0.15, -0.1) is 10.2 Å². The van der Waals surface area contributed by atoms with Crippen LogP contribution in [0, 0.1) is 5.82 Å². The Kier molecular flexibility index (Phi) is 4.13. The summed E-state index contributed by atoms with van der Waals surface area (Å²) in [7, 11) is -7.20. The van der Waals surface area contributed by atoms with E-state index in [4.69, 9.17) is 0 Å². The summed E-state index contributed by atoms with van der Waals surface area (Å²) < 4.78 is 63.5. The Morgan fingerprint density at radius 3 is 2.58 bits per heavy atom. The van der Waals surface area contributed by atoms with Crippen LogP contribution in [0.1, 0.15) is 6.92 Å². The highest BCUT2D eigenvalue weighted by Crippen LogP contribution is 2.28. The SMILES string of the molecule is CCS(=O)(=O)C1CN(S(=O)(=O)c2ccc(F)c(-c3nn[nH]n3)c2)C1. The topological polar surface area (TPSA) is 126 Å².